The number of hydrogen-bond acceptors (Lipinski definition) is 6. The van der Waals surface area contributed by atoms with E-state index in [9.17, 15) is 9.59 Å². The second-order valence-electron chi connectivity index (χ2n) is 9.16. The number of amides is 2. The van der Waals surface area contributed by atoms with E-state index in [4.69, 9.17) is 4.52 Å². The van der Waals surface area contributed by atoms with Crippen LogP contribution >= 0.6 is 11.3 Å². The van der Waals surface area contributed by atoms with Gasteiger partial charge in [0.1, 0.15) is 11.4 Å². The van der Waals surface area contributed by atoms with Crippen LogP contribution in [0.2, 0.25) is 0 Å². The molecule has 5 rings (SSSR count). The molecule has 3 N–H and O–H groups in total. The van der Waals surface area contributed by atoms with Gasteiger partial charge in [0.15, 0.2) is 5.82 Å². The molecule has 0 spiro atoms. The van der Waals surface area contributed by atoms with Crippen LogP contribution in [0, 0.1) is 6.92 Å². The van der Waals surface area contributed by atoms with Crippen molar-refractivity contribution in [3.05, 3.63) is 70.6 Å². The maximum absolute atomic E-state index is 13.0. The predicted molar refractivity (Wildman–Crippen MR) is 134 cm³/mol. The first-order chi connectivity index (χ1) is 16.2. The highest BCUT2D eigenvalue weighted by molar-refractivity contribution is 7.21. The third kappa shape index (κ3) is 4.06. The molecule has 0 fully saturated rings. The minimum atomic E-state index is -0.341. The van der Waals surface area contributed by atoms with E-state index in [1.807, 2.05) is 46.0 Å². The zero-order chi connectivity index (χ0) is 24.0. The Bertz CT molecular complexity index is 1550. The molecule has 0 atom stereocenters. The molecule has 0 saturated carbocycles. The first kappa shape index (κ1) is 21.8. The van der Waals surface area contributed by atoms with Crippen LogP contribution in [0.15, 0.2) is 53.3 Å². The lowest BCUT2D eigenvalue weighted by atomic mass is 9.93. The molecule has 9 heteroatoms. The SMILES string of the molecule is Cc1ccc(C(=O)Nc2cc(C(C)(C)C)on2)cc1NC(=O)c1cc2cnc3[nH]ccc3c2s1. The van der Waals surface area contributed by atoms with E-state index in [0.29, 0.717) is 27.7 Å². The lowest BCUT2D eigenvalue weighted by Crippen LogP contribution is -2.15. The first-order valence-electron chi connectivity index (χ1n) is 10.8. The van der Waals surface area contributed by atoms with Gasteiger partial charge in [-0.05, 0) is 36.8 Å². The number of rotatable bonds is 4. The van der Waals surface area contributed by atoms with Crippen molar-refractivity contribution in [2.45, 2.75) is 33.1 Å². The number of carbonyl (C=O) groups excluding carboxylic acids is 2. The standard InChI is InChI=1S/C25H23N5O3S/c1-13-5-6-14(23(31)29-20-11-19(33-30-20)25(2,3)4)9-17(13)28-24(32)18-10-15-12-27-22-16(7-8-26-22)21(15)34-18/h5-12H,1-4H3,(H,26,27)(H,28,32)(H,29,30,31). The van der Waals surface area contributed by atoms with Crippen molar-refractivity contribution < 1.29 is 14.1 Å². The number of H-pyrrole nitrogens is 1. The van der Waals surface area contributed by atoms with Crippen LogP contribution < -0.4 is 10.6 Å². The number of pyridine rings is 1. The molecule has 8 nitrogen and oxygen atoms in total. The lowest BCUT2D eigenvalue weighted by Gasteiger charge is -2.12. The van der Waals surface area contributed by atoms with E-state index in [1.165, 1.54) is 11.3 Å². The minimum absolute atomic E-state index is 0.215. The van der Waals surface area contributed by atoms with Gasteiger partial charge in [-0.25, -0.2) is 4.98 Å². The van der Waals surface area contributed by atoms with Crippen molar-refractivity contribution in [3.63, 3.8) is 0 Å². The number of nitrogens with one attached hydrogen (secondary N) is 3. The first-order valence-corrected chi connectivity index (χ1v) is 11.6. The fraction of sp³-hybridized carbons (Fsp3) is 0.200. The molecule has 0 bridgehead atoms. The van der Waals surface area contributed by atoms with Crippen molar-refractivity contribution in [1.82, 2.24) is 15.1 Å². The Labute approximate surface area is 199 Å². The topological polar surface area (TPSA) is 113 Å². The van der Waals surface area contributed by atoms with Crippen LogP contribution in [0.5, 0.6) is 0 Å². The molecule has 34 heavy (non-hydrogen) atoms. The summed E-state index contributed by atoms with van der Waals surface area (Å²) in [6, 6.07) is 10.7. The van der Waals surface area contributed by atoms with Crippen molar-refractivity contribution in [1.29, 1.82) is 0 Å². The molecule has 0 unspecified atom stereocenters. The Morgan fingerprint density at radius 2 is 1.88 bits per heavy atom. The van der Waals surface area contributed by atoms with Crippen molar-refractivity contribution >= 4 is 55.8 Å². The number of aromatic amines is 1. The van der Waals surface area contributed by atoms with Gasteiger partial charge in [0.25, 0.3) is 11.8 Å². The highest BCUT2D eigenvalue weighted by atomic mass is 32.1. The average molecular weight is 474 g/mol. The number of aryl methyl sites for hydroxylation is 1. The summed E-state index contributed by atoms with van der Waals surface area (Å²) in [6.45, 7) is 7.88. The van der Waals surface area contributed by atoms with Crippen LogP contribution in [-0.2, 0) is 5.41 Å². The fourth-order valence-electron chi connectivity index (χ4n) is 3.57. The molecule has 0 saturated heterocycles. The van der Waals surface area contributed by atoms with E-state index >= 15 is 0 Å². The average Bonchev–Trinajstić information content (AvgIpc) is 3.53. The van der Waals surface area contributed by atoms with Gasteiger partial charge in [0.2, 0.25) is 0 Å². The third-order valence-corrected chi connectivity index (χ3v) is 6.71. The fourth-order valence-corrected chi connectivity index (χ4v) is 4.62. The van der Waals surface area contributed by atoms with Crippen LogP contribution in [0.4, 0.5) is 11.5 Å². The summed E-state index contributed by atoms with van der Waals surface area (Å²) in [5.74, 6) is 0.440. The Morgan fingerprint density at radius 3 is 2.65 bits per heavy atom. The van der Waals surface area contributed by atoms with Gasteiger partial charge in [0, 0.05) is 50.6 Å². The largest absolute Gasteiger partial charge is 0.359 e. The highest BCUT2D eigenvalue weighted by Crippen LogP contribution is 2.32. The molecule has 2 amide bonds. The van der Waals surface area contributed by atoms with Gasteiger partial charge in [0.05, 0.1) is 4.88 Å². The number of thiophene rings is 1. The van der Waals surface area contributed by atoms with Crippen molar-refractivity contribution in [3.8, 4) is 0 Å². The van der Waals surface area contributed by atoms with E-state index in [1.54, 1.807) is 30.5 Å². The maximum Gasteiger partial charge on any atom is 0.265 e. The molecule has 4 heterocycles. The zero-order valence-electron chi connectivity index (χ0n) is 19.1. The van der Waals surface area contributed by atoms with Gasteiger partial charge in [-0.3, -0.25) is 9.59 Å². The molecule has 0 aliphatic heterocycles. The molecule has 0 aliphatic carbocycles. The summed E-state index contributed by atoms with van der Waals surface area (Å²) < 4.78 is 6.33. The van der Waals surface area contributed by atoms with E-state index in [2.05, 4.69) is 25.8 Å². The molecule has 0 radical (unpaired) electrons. The number of fused-ring (bicyclic) bond motifs is 3. The monoisotopic (exact) mass is 473 g/mol. The Morgan fingerprint density at radius 1 is 1.06 bits per heavy atom. The summed E-state index contributed by atoms with van der Waals surface area (Å²) in [7, 11) is 0. The second-order valence-corrected chi connectivity index (χ2v) is 10.2. The van der Waals surface area contributed by atoms with Crippen LogP contribution in [0.3, 0.4) is 0 Å². The summed E-state index contributed by atoms with van der Waals surface area (Å²) in [4.78, 5) is 33.9. The van der Waals surface area contributed by atoms with Crippen molar-refractivity contribution in [2.24, 2.45) is 0 Å². The van der Waals surface area contributed by atoms with Gasteiger partial charge in [-0.15, -0.1) is 11.3 Å². The summed E-state index contributed by atoms with van der Waals surface area (Å²) in [5, 5.41) is 11.5. The van der Waals surface area contributed by atoms with E-state index < -0.39 is 0 Å². The van der Waals surface area contributed by atoms with E-state index in [-0.39, 0.29) is 17.2 Å². The predicted octanol–water partition coefficient (Wildman–Crippen LogP) is 5.88. The summed E-state index contributed by atoms with van der Waals surface area (Å²) >= 11 is 1.41. The molecule has 0 aliphatic rings. The number of aromatic nitrogens is 3. The maximum atomic E-state index is 13.0. The second kappa shape index (κ2) is 8.11. The van der Waals surface area contributed by atoms with Gasteiger partial charge in [-0.2, -0.15) is 0 Å². The quantitative estimate of drug-likeness (QED) is 0.302. The van der Waals surface area contributed by atoms with Crippen LogP contribution in [-0.4, -0.2) is 26.9 Å². The molecular formula is C25H23N5O3S. The number of benzene rings is 1. The summed E-state index contributed by atoms with van der Waals surface area (Å²) in [6.07, 6.45) is 3.59. The third-order valence-electron chi connectivity index (χ3n) is 5.53. The number of hydrogen-bond donors (Lipinski definition) is 3. The molecule has 4 aromatic heterocycles. The number of anilines is 2. The molecule has 172 valence electrons. The molecular weight excluding hydrogens is 450 g/mol. The van der Waals surface area contributed by atoms with Gasteiger partial charge >= 0.3 is 0 Å². The Kier molecular flexibility index (Phi) is 5.21. The Balaban J connectivity index is 1.36. The molecule has 1 aromatic carbocycles. The summed E-state index contributed by atoms with van der Waals surface area (Å²) in [5.41, 5.74) is 2.38. The van der Waals surface area contributed by atoms with Crippen LogP contribution in [0.25, 0.3) is 21.1 Å². The zero-order valence-corrected chi connectivity index (χ0v) is 20.0. The van der Waals surface area contributed by atoms with Crippen LogP contribution in [0.1, 0.15) is 52.1 Å². The number of carbonyl (C=O) groups is 2. The van der Waals surface area contributed by atoms with E-state index in [0.717, 1.165) is 26.7 Å². The minimum Gasteiger partial charge on any atom is -0.359 e. The lowest BCUT2D eigenvalue weighted by molar-refractivity contribution is 0.101. The van der Waals surface area contributed by atoms with Gasteiger partial charge in [-0.1, -0.05) is 32.0 Å². The normalized spacial score (nSPS) is 11.8. The highest BCUT2D eigenvalue weighted by Gasteiger charge is 2.21. The molecule has 5 aromatic rings. The number of nitrogens with zero attached hydrogens (tertiary/aromatic N) is 2. The smallest absolute Gasteiger partial charge is 0.265 e. The Hall–Kier alpha value is -3.98. The van der Waals surface area contributed by atoms with Gasteiger partial charge < -0.3 is 20.1 Å². The van der Waals surface area contributed by atoms with Crippen molar-refractivity contribution in [2.75, 3.05) is 10.6 Å².